The van der Waals surface area contributed by atoms with Crippen molar-refractivity contribution in [3.8, 4) is 0 Å². The number of benzene rings is 2. The van der Waals surface area contributed by atoms with E-state index in [0.717, 1.165) is 0 Å². The minimum Gasteiger partial charge on any atom is -0.455 e. The second kappa shape index (κ2) is 6.04. The summed E-state index contributed by atoms with van der Waals surface area (Å²) >= 11 is 0. The SMILES string of the molecule is CC(=O)OC(C)c1nc2ccccc2n1C(=O)c1ccccc1. The van der Waals surface area contributed by atoms with Crippen molar-refractivity contribution in [1.29, 1.82) is 0 Å². The van der Waals surface area contributed by atoms with Gasteiger partial charge in [0.15, 0.2) is 11.9 Å². The zero-order valence-corrected chi connectivity index (χ0v) is 12.9. The maximum absolute atomic E-state index is 12.9. The standard InChI is InChI=1S/C18H16N2O3/c1-12(23-13(2)21)17-19-15-10-6-7-11-16(15)20(17)18(22)14-8-4-3-5-9-14/h3-12H,1-2H3. The Hall–Kier alpha value is -2.95. The van der Waals surface area contributed by atoms with Crippen molar-refractivity contribution in [3.05, 3.63) is 66.0 Å². The number of rotatable bonds is 3. The van der Waals surface area contributed by atoms with Crippen LogP contribution in [-0.4, -0.2) is 21.4 Å². The Kier molecular flexibility index (Phi) is 3.93. The van der Waals surface area contributed by atoms with E-state index in [-0.39, 0.29) is 5.91 Å². The van der Waals surface area contributed by atoms with E-state index in [1.165, 1.54) is 11.5 Å². The molecule has 0 radical (unpaired) electrons. The van der Waals surface area contributed by atoms with Gasteiger partial charge in [0.1, 0.15) is 0 Å². The Balaban J connectivity index is 2.17. The summed E-state index contributed by atoms with van der Waals surface area (Å²) < 4.78 is 6.73. The molecule has 0 amide bonds. The van der Waals surface area contributed by atoms with Crippen molar-refractivity contribution in [2.75, 3.05) is 0 Å². The molecule has 0 N–H and O–H groups in total. The van der Waals surface area contributed by atoms with Crippen LogP contribution in [0.15, 0.2) is 54.6 Å². The third-order valence-electron chi connectivity index (χ3n) is 3.52. The Morgan fingerprint density at radius 3 is 2.39 bits per heavy atom. The number of hydrogen-bond acceptors (Lipinski definition) is 4. The summed E-state index contributed by atoms with van der Waals surface area (Å²) in [4.78, 5) is 28.6. The minimum atomic E-state index is -0.618. The second-order valence-electron chi connectivity index (χ2n) is 5.22. The van der Waals surface area contributed by atoms with E-state index >= 15 is 0 Å². The van der Waals surface area contributed by atoms with Crippen molar-refractivity contribution in [3.63, 3.8) is 0 Å². The number of para-hydroxylation sites is 2. The van der Waals surface area contributed by atoms with Crippen LogP contribution in [0.25, 0.3) is 11.0 Å². The molecule has 1 atom stereocenters. The number of ether oxygens (including phenoxy) is 1. The number of fused-ring (bicyclic) bond motifs is 1. The summed E-state index contributed by atoms with van der Waals surface area (Å²) in [5.41, 5.74) is 1.92. The first-order chi connectivity index (χ1) is 11.1. The normalized spacial score (nSPS) is 12.1. The molecule has 5 heteroatoms. The van der Waals surface area contributed by atoms with Crippen LogP contribution < -0.4 is 0 Å². The molecule has 0 fully saturated rings. The molecule has 0 aliphatic rings. The summed E-state index contributed by atoms with van der Waals surface area (Å²) in [7, 11) is 0. The number of carbonyl (C=O) groups excluding carboxylic acids is 2. The van der Waals surface area contributed by atoms with Crippen molar-refractivity contribution >= 4 is 22.9 Å². The van der Waals surface area contributed by atoms with Crippen molar-refractivity contribution in [1.82, 2.24) is 9.55 Å². The molecule has 0 aliphatic heterocycles. The van der Waals surface area contributed by atoms with Crippen LogP contribution in [0.2, 0.25) is 0 Å². The molecule has 2 aromatic carbocycles. The smallest absolute Gasteiger partial charge is 0.303 e. The first-order valence-corrected chi connectivity index (χ1v) is 7.32. The van der Waals surface area contributed by atoms with Crippen LogP contribution in [0, 0.1) is 0 Å². The Labute approximate surface area is 133 Å². The summed E-state index contributed by atoms with van der Waals surface area (Å²) in [6.45, 7) is 3.04. The molecule has 0 saturated carbocycles. The highest BCUT2D eigenvalue weighted by atomic mass is 16.5. The van der Waals surface area contributed by atoms with Gasteiger partial charge in [-0.2, -0.15) is 0 Å². The molecule has 0 spiro atoms. The fourth-order valence-corrected chi connectivity index (χ4v) is 2.54. The van der Waals surface area contributed by atoms with Gasteiger partial charge in [0.05, 0.1) is 11.0 Å². The van der Waals surface area contributed by atoms with Crippen LogP contribution in [-0.2, 0) is 9.53 Å². The number of hydrogen-bond donors (Lipinski definition) is 0. The molecule has 1 heterocycles. The van der Waals surface area contributed by atoms with E-state index in [9.17, 15) is 9.59 Å². The number of nitrogens with zero attached hydrogens (tertiary/aromatic N) is 2. The fraction of sp³-hybridized carbons (Fsp3) is 0.167. The zero-order chi connectivity index (χ0) is 16.4. The Morgan fingerprint density at radius 1 is 1.04 bits per heavy atom. The van der Waals surface area contributed by atoms with Crippen LogP contribution in [0.3, 0.4) is 0 Å². The van der Waals surface area contributed by atoms with Crippen molar-refractivity contribution < 1.29 is 14.3 Å². The predicted octanol–water partition coefficient (Wildman–Crippen LogP) is 3.35. The predicted molar refractivity (Wildman–Crippen MR) is 86.1 cm³/mol. The molecule has 3 rings (SSSR count). The first-order valence-electron chi connectivity index (χ1n) is 7.32. The number of imidazole rings is 1. The van der Waals surface area contributed by atoms with Gasteiger partial charge >= 0.3 is 5.97 Å². The van der Waals surface area contributed by atoms with Gasteiger partial charge in [0.2, 0.25) is 0 Å². The summed E-state index contributed by atoms with van der Waals surface area (Å²) in [6.07, 6.45) is -0.618. The van der Waals surface area contributed by atoms with E-state index in [2.05, 4.69) is 4.98 Å². The fourth-order valence-electron chi connectivity index (χ4n) is 2.54. The molecule has 1 aromatic heterocycles. The minimum absolute atomic E-state index is 0.201. The Bertz CT molecular complexity index is 868. The summed E-state index contributed by atoms with van der Waals surface area (Å²) in [5.74, 6) is -0.202. The van der Waals surface area contributed by atoms with E-state index in [4.69, 9.17) is 4.74 Å². The van der Waals surface area contributed by atoms with Gasteiger partial charge in [-0.3, -0.25) is 14.2 Å². The van der Waals surface area contributed by atoms with Crippen LogP contribution >= 0.6 is 0 Å². The average molecular weight is 308 g/mol. The first kappa shape index (κ1) is 15.0. The van der Waals surface area contributed by atoms with Gasteiger partial charge in [-0.05, 0) is 31.2 Å². The molecule has 23 heavy (non-hydrogen) atoms. The van der Waals surface area contributed by atoms with E-state index in [1.807, 2.05) is 42.5 Å². The molecule has 5 nitrogen and oxygen atoms in total. The molecule has 0 saturated heterocycles. The zero-order valence-electron chi connectivity index (χ0n) is 12.9. The average Bonchev–Trinajstić information content (AvgIpc) is 2.94. The lowest BCUT2D eigenvalue weighted by Crippen LogP contribution is -2.18. The largest absolute Gasteiger partial charge is 0.455 e. The molecular weight excluding hydrogens is 292 g/mol. The molecular formula is C18H16N2O3. The lowest BCUT2D eigenvalue weighted by atomic mass is 10.2. The highest BCUT2D eigenvalue weighted by molar-refractivity contribution is 6.01. The topological polar surface area (TPSA) is 61.2 Å². The summed E-state index contributed by atoms with van der Waals surface area (Å²) in [6, 6.07) is 16.3. The molecule has 3 aromatic rings. The van der Waals surface area contributed by atoms with Gasteiger partial charge in [0.25, 0.3) is 5.91 Å². The summed E-state index contributed by atoms with van der Waals surface area (Å²) in [5, 5.41) is 0. The number of carbonyl (C=O) groups is 2. The van der Waals surface area contributed by atoms with Gasteiger partial charge in [-0.15, -0.1) is 0 Å². The van der Waals surface area contributed by atoms with Gasteiger partial charge in [-0.1, -0.05) is 30.3 Å². The maximum Gasteiger partial charge on any atom is 0.303 e. The molecule has 116 valence electrons. The highest BCUT2D eigenvalue weighted by Crippen LogP contribution is 2.24. The Morgan fingerprint density at radius 2 is 1.70 bits per heavy atom. The van der Waals surface area contributed by atoms with Crippen molar-refractivity contribution in [2.24, 2.45) is 0 Å². The number of aromatic nitrogens is 2. The monoisotopic (exact) mass is 308 g/mol. The quantitative estimate of drug-likeness (QED) is 0.696. The van der Waals surface area contributed by atoms with E-state index in [0.29, 0.717) is 22.4 Å². The molecule has 1 unspecified atom stereocenters. The third-order valence-corrected chi connectivity index (χ3v) is 3.52. The lowest BCUT2D eigenvalue weighted by Gasteiger charge is -2.13. The molecule has 0 bridgehead atoms. The highest BCUT2D eigenvalue weighted by Gasteiger charge is 2.23. The van der Waals surface area contributed by atoms with Gasteiger partial charge < -0.3 is 4.74 Å². The van der Waals surface area contributed by atoms with Crippen molar-refractivity contribution in [2.45, 2.75) is 20.0 Å². The third kappa shape index (κ3) is 2.85. The lowest BCUT2D eigenvalue weighted by molar-refractivity contribution is -0.146. The number of esters is 1. The van der Waals surface area contributed by atoms with E-state index in [1.54, 1.807) is 19.1 Å². The van der Waals surface area contributed by atoms with Crippen LogP contribution in [0.1, 0.15) is 36.1 Å². The van der Waals surface area contributed by atoms with E-state index < -0.39 is 12.1 Å². The van der Waals surface area contributed by atoms with Gasteiger partial charge in [-0.25, -0.2) is 4.98 Å². The molecule has 0 aliphatic carbocycles. The maximum atomic E-state index is 12.9. The van der Waals surface area contributed by atoms with Crippen LogP contribution in [0.4, 0.5) is 0 Å². The van der Waals surface area contributed by atoms with Gasteiger partial charge in [0, 0.05) is 12.5 Å². The van der Waals surface area contributed by atoms with Crippen LogP contribution in [0.5, 0.6) is 0 Å². The second-order valence-corrected chi connectivity index (χ2v) is 5.22.